The lowest BCUT2D eigenvalue weighted by Crippen LogP contribution is -2.34. The highest BCUT2D eigenvalue weighted by molar-refractivity contribution is 14.0. The molecular weight excluding hydrogens is 371 g/mol. The van der Waals surface area contributed by atoms with Crippen molar-refractivity contribution >= 4 is 41.3 Å². The van der Waals surface area contributed by atoms with E-state index in [4.69, 9.17) is 5.73 Å². The Bertz CT molecular complexity index is 407. The zero-order valence-electron chi connectivity index (χ0n) is 11.6. The van der Waals surface area contributed by atoms with E-state index < -0.39 is 0 Å². The first kappa shape index (κ1) is 16.7. The smallest absolute Gasteiger partial charge is 0.188 e. The second kappa shape index (κ2) is 8.04. The van der Waals surface area contributed by atoms with Gasteiger partial charge in [0.1, 0.15) is 0 Å². The molecule has 0 bridgehead atoms. The van der Waals surface area contributed by atoms with Gasteiger partial charge in [0.2, 0.25) is 0 Å². The van der Waals surface area contributed by atoms with E-state index in [9.17, 15) is 0 Å². The average Bonchev–Trinajstić information content (AvgIpc) is 2.56. The third-order valence-electron chi connectivity index (χ3n) is 3.46. The fourth-order valence-electron chi connectivity index (χ4n) is 1.90. The largest absolute Gasteiger partial charge is 0.370 e. The van der Waals surface area contributed by atoms with Gasteiger partial charge in [0, 0.05) is 24.4 Å². The molecule has 0 aromatic carbocycles. The molecule has 1 aliphatic carbocycles. The number of hydrogen-bond acceptors (Lipinski definition) is 3. The van der Waals surface area contributed by atoms with E-state index in [1.54, 1.807) is 11.3 Å². The molecular formula is C13H23IN4S. The Morgan fingerprint density at radius 1 is 1.47 bits per heavy atom. The van der Waals surface area contributed by atoms with E-state index in [0.29, 0.717) is 5.96 Å². The molecule has 3 N–H and O–H groups in total. The Labute approximate surface area is 136 Å². The van der Waals surface area contributed by atoms with Crippen molar-refractivity contribution in [2.75, 3.05) is 13.1 Å². The molecule has 0 unspecified atom stereocenters. The Balaban J connectivity index is 0.00000180. The van der Waals surface area contributed by atoms with Gasteiger partial charge in [0.25, 0.3) is 0 Å². The van der Waals surface area contributed by atoms with Crippen molar-refractivity contribution in [1.29, 1.82) is 0 Å². The summed E-state index contributed by atoms with van der Waals surface area (Å²) in [5.41, 5.74) is 6.96. The van der Waals surface area contributed by atoms with Gasteiger partial charge in [-0.05, 0) is 32.6 Å². The molecule has 1 heterocycles. The van der Waals surface area contributed by atoms with Gasteiger partial charge in [-0.15, -0.1) is 35.3 Å². The molecule has 0 spiro atoms. The van der Waals surface area contributed by atoms with E-state index >= 15 is 0 Å². The van der Waals surface area contributed by atoms with Crippen molar-refractivity contribution in [1.82, 2.24) is 10.3 Å². The number of rotatable bonds is 5. The van der Waals surface area contributed by atoms with Crippen LogP contribution in [0.1, 0.15) is 34.8 Å². The minimum Gasteiger partial charge on any atom is -0.370 e. The molecule has 0 radical (unpaired) electrons. The van der Waals surface area contributed by atoms with Gasteiger partial charge >= 0.3 is 0 Å². The lowest BCUT2D eigenvalue weighted by molar-refractivity contribution is 0.326. The van der Waals surface area contributed by atoms with Crippen LogP contribution in [0.5, 0.6) is 0 Å². The van der Waals surface area contributed by atoms with Crippen molar-refractivity contribution in [2.24, 2.45) is 16.6 Å². The summed E-state index contributed by atoms with van der Waals surface area (Å²) in [6.07, 6.45) is 4.90. The predicted octanol–water partition coefficient (Wildman–Crippen LogP) is 2.62. The number of halogens is 1. The SMILES string of the molecule is Cc1nc(CCNC(N)=NCC2CCC2)sc1C.I. The molecule has 4 nitrogen and oxygen atoms in total. The lowest BCUT2D eigenvalue weighted by atomic mass is 9.86. The highest BCUT2D eigenvalue weighted by atomic mass is 127. The molecule has 19 heavy (non-hydrogen) atoms. The number of nitrogens with zero attached hydrogens (tertiary/aromatic N) is 2. The second-order valence-electron chi connectivity index (χ2n) is 4.95. The number of aliphatic imine (C=N–C) groups is 1. The normalized spacial score (nSPS) is 15.8. The van der Waals surface area contributed by atoms with Crippen LogP contribution >= 0.6 is 35.3 Å². The Hall–Kier alpha value is -0.370. The van der Waals surface area contributed by atoms with Gasteiger partial charge in [0.05, 0.1) is 10.7 Å². The molecule has 1 aliphatic rings. The van der Waals surface area contributed by atoms with Crippen LogP contribution in [0.4, 0.5) is 0 Å². The van der Waals surface area contributed by atoms with E-state index in [1.807, 2.05) is 0 Å². The molecule has 108 valence electrons. The first-order valence-electron chi connectivity index (χ1n) is 6.62. The molecule has 0 aliphatic heterocycles. The summed E-state index contributed by atoms with van der Waals surface area (Å²) >= 11 is 1.77. The maximum absolute atomic E-state index is 5.82. The fourth-order valence-corrected chi connectivity index (χ4v) is 2.84. The first-order valence-corrected chi connectivity index (χ1v) is 7.43. The zero-order chi connectivity index (χ0) is 13.0. The lowest BCUT2D eigenvalue weighted by Gasteiger charge is -2.23. The maximum atomic E-state index is 5.82. The van der Waals surface area contributed by atoms with Crippen molar-refractivity contribution < 1.29 is 0 Å². The van der Waals surface area contributed by atoms with Crippen molar-refractivity contribution in [3.63, 3.8) is 0 Å². The third-order valence-corrected chi connectivity index (χ3v) is 4.60. The van der Waals surface area contributed by atoms with Crippen LogP contribution in [0.15, 0.2) is 4.99 Å². The second-order valence-corrected chi connectivity index (χ2v) is 6.24. The molecule has 0 saturated heterocycles. The Kier molecular flexibility index (Phi) is 7.06. The maximum Gasteiger partial charge on any atom is 0.188 e. The van der Waals surface area contributed by atoms with Gasteiger partial charge in [-0.25, -0.2) is 4.98 Å². The van der Waals surface area contributed by atoms with Crippen LogP contribution in [-0.4, -0.2) is 24.0 Å². The predicted molar refractivity (Wildman–Crippen MR) is 92.5 cm³/mol. The molecule has 1 fully saturated rings. The standard InChI is InChI=1S/C13H22N4S.HI/c1-9-10(2)18-12(17-9)6-7-15-13(14)16-8-11-4-3-5-11;/h11H,3-8H2,1-2H3,(H3,14,15,16);1H. The Morgan fingerprint density at radius 3 is 2.74 bits per heavy atom. The number of thiazole rings is 1. The van der Waals surface area contributed by atoms with Crippen molar-refractivity contribution in [2.45, 2.75) is 39.5 Å². The molecule has 6 heteroatoms. The van der Waals surface area contributed by atoms with Crippen LogP contribution in [0.3, 0.4) is 0 Å². The average molecular weight is 394 g/mol. The van der Waals surface area contributed by atoms with Crippen molar-refractivity contribution in [3.05, 3.63) is 15.6 Å². The van der Waals surface area contributed by atoms with Crippen LogP contribution in [0.25, 0.3) is 0 Å². The summed E-state index contributed by atoms with van der Waals surface area (Å²) < 4.78 is 0. The van der Waals surface area contributed by atoms with Gasteiger partial charge in [-0.3, -0.25) is 4.99 Å². The highest BCUT2D eigenvalue weighted by Crippen LogP contribution is 2.26. The number of nitrogens with two attached hydrogens (primary N) is 1. The van der Waals surface area contributed by atoms with E-state index in [2.05, 4.69) is 29.1 Å². The fraction of sp³-hybridized carbons (Fsp3) is 0.692. The van der Waals surface area contributed by atoms with E-state index in [1.165, 1.54) is 29.1 Å². The first-order chi connectivity index (χ1) is 8.65. The summed E-state index contributed by atoms with van der Waals surface area (Å²) in [4.78, 5) is 10.2. The number of aryl methyl sites for hydroxylation is 2. The number of nitrogens with one attached hydrogen (secondary N) is 1. The highest BCUT2D eigenvalue weighted by Gasteiger charge is 2.16. The van der Waals surface area contributed by atoms with Crippen LogP contribution in [0, 0.1) is 19.8 Å². The van der Waals surface area contributed by atoms with E-state index in [0.717, 1.165) is 31.1 Å². The molecule has 1 aromatic heterocycles. The minimum atomic E-state index is 0. The van der Waals surface area contributed by atoms with Gasteiger partial charge in [-0.2, -0.15) is 0 Å². The monoisotopic (exact) mass is 394 g/mol. The molecule has 1 aromatic rings. The Morgan fingerprint density at radius 2 is 2.21 bits per heavy atom. The minimum absolute atomic E-state index is 0. The molecule has 0 amide bonds. The van der Waals surface area contributed by atoms with Gasteiger partial charge in [0.15, 0.2) is 5.96 Å². The summed E-state index contributed by atoms with van der Waals surface area (Å²) in [5.74, 6) is 1.35. The summed E-state index contributed by atoms with van der Waals surface area (Å²) in [6, 6.07) is 0. The zero-order valence-corrected chi connectivity index (χ0v) is 14.8. The molecule has 0 atom stereocenters. The van der Waals surface area contributed by atoms with Crippen LogP contribution in [-0.2, 0) is 6.42 Å². The topological polar surface area (TPSA) is 63.3 Å². The number of guanidine groups is 1. The van der Waals surface area contributed by atoms with E-state index in [-0.39, 0.29) is 24.0 Å². The van der Waals surface area contributed by atoms with Crippen molar-refractivity contribution in [3.8, 4) is 0 Å². The molecule has 1 saturated carbocycles. The van der Waals surface area contributed by atoms with Crippen LogP contribution < -0.4 is 11.1 Å². The number of hydrogen-bond donors (Lipinski definition) is 2. The van der Waals surface area contributed by atoms with Crippen LogP contribution in [0.2, 0.25) is 0 Å². The summed E-state index contributed by atoms with van der Waals surface area (Å²) in [6.45, 7) is 5.86. The summed E-state index contributed by atoms with van der Waals surface area (Å²) in [7, 11) is 0. The molecule has 2 rings (SSSR count). The van der Waals surface area contributed by atoms with Gasteiger partial charge in [-0.1, -0.05) is 6.42 Å². The third kappa shape index (κ3) is 5.25. The number of aromatic nitrogens is 1. The van der Waals surface area contributed by atoms with Gasteiger partial charge < -0.3 is 11.1 Å². The quantitative estimate of drug-likeness (QED) is 0.459. The summed E-state index contributed by atoms with van der Waals surface area (Å²) in [5, 5.41) is 4.33.